The lowest BCUT2D eigenvalue weighted by Crippen LogP contribution is -2.22. The first-order chi connectivity index (χ1) is 12.0. The summed E-state index contributed by atoms with van der Waals surface area (Å²) in [5.74, 6) is -1.72. The van der Waals surface area contributed by atoms with Crippen molar-refractivity contribution < 1.29 is 28.2 Å². The molecule has 132 valence electrons. The number of halogens is 2. The highest BCUT2D eigenvalue weighted by atomic mass is 35.5. The maximum atomic E-state index is 13.6. The predicted molar refractivity (Wildman–Crippen MR) is 89.9 cm³/mol. The van der Waals surface area contributed by atoms with Crippen LogP contribution in [0.15, 0.2) is 36.4 Å². The van der Waals surface area contributed by atoms with E-state index >= 15 is 0 Å². The second-order valence-electron chi connectivity index (χ2n) is 4.79. The van der Waals surface area contributed by atoms with E-state index in [1.165, 1.54) is 26.4 Å². The minimum absolute atomic E-state index is 0.0537. The molecular weight excluding hydrogens is 353 g/mol. The average molecular weight is 368 g/mol. The van der Waals surface area contributed by atoms with Crippen LogP contribution in [0.3, 0.4) is 0 Å². The number of hydrogen-bond donors (Lipinski definition) is 1. The quantitative estimate of drug-likeness (QED) is 0.793. The molecule has 0 heterocycles. The molecule has 2 aromatic rings. The minimum Gasteiger partial charge on any atom is -0.496 e. The number of carbonyl (C=O) groups is 2. The third kappa shape index (κ3) is 4.60. The average Bonchev–Trinajstić information content (AvgIpc) is 2.61. The van der Waals surface area contributed by atoms with Crippen LogP contribution in [0, 0.1) is 5.82 Å². The Balaban J connectivity index is 2.04. The molecular formula is C17H15ClFNO5. The van der Waals surface area contributed by atoms with Crippen molar-refractivity contribution in [1.82, 2.24) is 0 Å². The monoisotopic (exact) mass is 367 g/mol. The molecule has 2 aromatic carbocycles. The summed E-state index contributed by atoms with van der Waals surface area (Å²) in [7, 11) is 2.78. The molecule has 1 N–H and O–H groups in total. The van der Waals surface area contributed by atoms with E-state index in [-0.39, 0.29) is 27.8 Å². The normalized spacial score (nSPS) is 10.1. The van der Waals surface area contributed by atoms with Crippen molar-refractivity contribution in [3.05, 3.63) is 52.8 Å². The van der Waals surface area contributed by atoms with Gasteiger partial charge in [-0.1, -0.05) is 17.7 Å². The Labute approximate surface area is 148 Å². The fourth-order valence-corrected chi connectivity index (χ4v) is 2.19. The topological polar surface area (TPSA) is 73.9 Å². The van der Waals surface area contributed by atoms with Crippen molar-refractivity contribution in [3.63, 3.8) is 0 Å². The van der Waals surface area contributed by atoms with Crippen molar-refractivity contribution in [2.24, 2.45) is 0 Å². The Hall–Kier alpha value is -2.80. The Bertz CT molecular complexity index is 774. The van der Waals surface area contributed by atoms with Crippen LogP contribution in [0.5, 0.6) is 11.5 Å². The van der Waals surface area contributed by atoms with Gasteiger partial charge < -0.3 is 19.5 Å². The second-order valence-corrected chi connectivity index (χ2v) is 5.22. The van der Waals surface area contributed by atoms with E-state index in [9.17, 15) is 14.0 Å². The van der Waals surface area contributed by atoms with Crippen molar-refractivity contribution in [2.75, 3.05) is 26.1 Å². The van der Waals surface area contributed by atoms with Crippen molar-refractivity contribution in [3.8, 4) is 11.5 Å². The molecule has 1 amide bonds. The van der Waals surface area contributed by atoms with E-state index in [0.717, 1.165) is 6.07 Å². The molecule has 0 unspecified atom stereocenters. The van der Waals surface area contributed by atoms with Gasteiger partial charge in [-0.05, 0) is 30.3 Å². The Morgan fingerprint density at radius 1 is 1.12 bits per heavy atom. The van der Waals surface area contributed by atoms with Crippen molar-refractivity contribution in [1.29, 1.82) is 0 Å². The summed E-state index contributed by atoms with van der Waals surface area (Å²) in [6, 6.07) is 8.55. The van der Waals surface area contributed by atoms with Gasteiger partial charge in [0.1, 0.15) is 22.9 Å². The zero-order chi connectivity index (χ0) is 18.4. The summed E-state index contributed by atoms with van der Waals surface area (Å²) >= 11 is 5.64. The molecule has 0 aliphatic carbocycles. The van der Waals surface area contributed by atoms with Crippen molar-refractivity contribution >= 4 is 29.2 Å². The molecule has 0 aromatic heterocycles. The van der Waals surface area contributed by atoms with Crippen LogP contribution < -0.4 is 14.8 Å². The van der Waals surface area contributed by atoms with Gasteiger partial charge in [-0.15, -0.1) is 0 Å². The lowest BCUT2D eigenvalue weighted by Gasteiger charge is -2.12. The predicted octanol–water partition coefficient (Wildman–Crippen LogP) is 3.29. The third-order valence-electron chi connectivity index (χ3n) is 3.17. The molecule has 0 radical (unpaired) electrons. The molecule has 0 fully saturated rings. The highest BCUT2D eigenvalue weighted by Gasteiger charge is 2.20. The van der Waals surface area contributed by atoms with Crippen LogP contribution >= 0.6 is 11.6 Å². The largest absolute Gasteiger partial charge is 0.496 e. The SMILES string of the molecule is COc1cccc(OC)c1C(=O)OCC(=O)Nc1ccc(Cl)cc1F. The smallest absolute Gasteiger partial charge is 0.346 e. The molecule has 0 saturated heterocycles. The lowest BCUT2D eigenvalue weighted by molar-refractivity contribution is -0.119. The number of amides is 1. The number of carbonyl (C=O) groups excluding carboxylic acids is 2. The first kappa shape index (κ1) is 18.5. The number of anilines is 1. The van der Waals surface area contributed by atoms with Crippen LogP contribution in [0.2, 0.25) is 5.02 Å². The van der Waals surface area contributed by atoms with E-state index in [1.807, 2.05) is 0 Å². The van der Waals surface area contributed by atoms with E-state index in [0.29, 0.717) is 0 Å². The van der Waals surface area contributed by atoms with Crippen LogP contribution in [0.1, 0.15) is 10.4 Å². The number of hydrogen-bond acceptors (Lipinski definition) is 5. The molecule has 25 heavy (non-hydrogen) atoms. The Morgan fingerprint density at radius 2 is 1.76 bits per heavy atom. The summed E-state index contributed by atoms with van der Waals surface area (Å²) < 4.78 is 28.8. The van der Waals surface area contributed by atoms with Crippen LogP contribution in [0.25, 0.3) is 0 Å². The molecule has 0 atom stereocenters. The fraction of sp³-hybridized carbons (Fsp3) is 0.176. The van der Waals surface area contributed by atoms with Crippen molar-refractivity contribution in [2.45, 2.75) is 0 Å². The summed E-state index contributed by atoms with van der Waals surface area (Å²) in [5, 5.41) is 2.49. The molecule has 0 aliphatic heterocycles. The maximum absolute atomic E-state index is 13.6. The number of ether oxygens (including phenoxy) is 3. The summed E-state index contributed by atoms with van der Waals surface area (Å²) in [6.45, 7) is -0.609. The minimum atomic E-state index is -0.805. The van der Waals surface area contributed by atoms with Gasteiger partial charge in [0.2, 0.25) is 0 Å². The molecule has 0 spiro atoms. The molecule has 2 rings (SSSR count). The Kier molecular flexibility index (Phi) is 6.19. The summed E-state index contributed by atoms with van der Waals surface area (Å²) in [5.41, 5.74) is -0.0155. The summed E-state index contributed by atoms with van der Waals surface area (Å²) in [6.07, 6.45) is 0. The van der Waals surface area contributed by atoms with E-state index in [1.54, 1.807) is 18.2 Å². The first-order valence-corrected chi connectivity index (χ1v) is 7.47. The zero-order valence-corrected chi connectivity index (χ0v) is 14.2. The standard InChI is InChI=1S/C17H15ClFNO5/c1-23-13-4-3-5-14(24-2)16(13)17(22)25-9-15(21)20-12-7-6-10(18)8-11(12)19/h3-8H,9H2,1-2H3,(H,20,21). The maximum Gasteiger partial charge on any atom is 0.346 e. The van der Waals surface area contributed by atoms with Gasteiger partial charge in [-0.2, -0.15) is 0 Å². The van der Waals surface area contributed by atoms with E-state index in [2.05, 4.69) is 5.32 Å². The van der Waals surface area contributed by atoms with Gasteiger partial charge in [0.15, 0.2) is 6.61 Å². The van der Waals surface area contributed by atoms with Gasteiger partial charge in [-0.3, -0.25) is 4.79 Å². The van der Waals surface area contributed by atoms with Crippen LogP contribution in [-0.4, -0.2) is 32.7 Å². The van der Waals surface area contributed by atoms with Gasteiger partial charge in [0.25, 0.3) is 5.91 Å². The lowest BCUT2D eigenvalue weighted by atomic mass is 10.2. The zero-order valence-electron chi connectivity index (χ0n) is 13.5. The number of esters is 1. The fourth-order valence-electron chi connectivity index (χ4n) is 2.03. The Morgan fingerprint density at radius 3 is 2.32 bits per heavy atom. The highest BCUT2D eigenvalue weighted by molar-refractivity contribution is 6.30. The van der Waals surface area contributed by atoms with E-state index in [4.69, 9.17) is 25.8 Å². The highest BCUT2D eigenvalue weighted by Crippen LogP contribution is 2.28. The van der Waals surface area contributed by atoms with Crippen LogP contribution in [-0.2, 0) is 9.53 Å². The van der Waals surface area contributed by atoms with Gasteiger partial charge in [-0.25, -0.2) is 9.18 Å². The third-order valence-corrected chi connectivity index (χ3v) is 3.41. The molecule has 0 aliphatic rings. The molecule has 6 nitrogen and oxygen atoms in total. The number of methoxy groups -OCH3 is 2. The molecule has 0 saturated carbocycles. The second kappa shape index (κ2) is 8.34. The molecule has 0 bridgehead atoms. The first-order valence-electron chi connectivity index (χ1n) is 7.09. The van der Waals surface area contributed by atoms with E-state index < -0.39 is 24.3 Å². The van der Waals surface area contributed by atoms with Gasteiger partial charge in [0.05, 0.1) is 19.9 Å². The molecule has 8 heteroatoms. The number of benzene rings is 2. The van der Waals surface area contributed by atoms with Gasteiger partial charge >= 0.3 is 5.97 Å². The summed E-state index contributed by atoms with van der Waals surface area (Å²) in [4.78, 5) is 24.1. The van der Waals surface area contributed by atoms with Gasteiger partial charge in [0, 0.05) is 5.02 Å². The van der Waals surface area contributed by atoms with Crippen LogP contribution in [0.4, 0.5) is 10.1 Å². The number of rotatable bonds is 6. The number of nitrogens with one attached hydrogen (secondary N) is 1.